The number of hydrogen-bond donors (Lipinski definition) is 0. The van der Waals surface area contributed by atoms with Crippen LogP contribution in [0.15, 0.2) is 22.7 Å². The van der Waals surface area contributed by atoms with E-state index < -0.39 is 6.04 Å². The van der Waals surface area contributed by atoms with Crippen LogP contribution >= 0.6 is 15.9 Å². The number of nitrogens with zero attached hydrogens (tertiary/aromatic N) is 2. The van der Waals surface area contributed by atoms with Gasteiger partial charge in [0.2, 0.25) is 0 Å². The molecule has 2 nitrogen and oxygen atoms in total. The minimum absolute atomic E-state index is 0.337. The highest BCUT2D eigenvalue weighted by Crippen LogP contribution is 2.22. The van der Waals surface area contributed by atoms with Gasteiger partial charge in [-0.05, 0) is 37.9 Å². The molecule has 4 heteroatoms. The lowest BCUT2D eigenvalue weighted by molar-refractivity contribution is 0.357. The molecule has 0 aromatic heterocycles. The molecule has 1 aromatic rings. The van der Waals surface area contributed by atoms with Crippen molar-refractivity contribution in [2.45, 2.75) is 6.04 Å². The summed E-state index contributed by atoms with van der Waals surface area (Å²) in [5.74, 6) is -0.337. The molecule has 0 aliphatic carbocycles. The van der Waals surface area contributed by atoms with Crippen LogP contribution in [0.4, 0.5) is 4.39 Å². The van der Waals surface area contributed by atoms with E-state index >= 15 is 0 Å². The SMILES string of the molecule is CN(C)C(C#N)c1cc(F)cc(Br)c1. The second kappa shape index (κ2) is 4.54. The van der Waals surface area contributed by atoms with Gasteiger partial charge in [0.1, 0.15) is 11.9 Å². The number of hydrogen-bond acceptors (Lipinski definition) is 2. The molecule has 0 spiro atoms. The van der Waals surface area contributed by atoms with Crippen LogP contribution in [-0.4, -0.2) is 19.0 Å². The third-order valence-corrected chi connectivity index (χ3v) is 2.30. The highest BCUT2D eigenvalue weighted by atomic mass is 79.9. The van der Waals surface area contributed by atoms with E-state index in [1.807, 2.05) is 0 Å². The first kappa shape index (κ1) is 11.2. The molecule has 74 valence electrons. The van der Waals surface area contributed by atoms with Crippen molar-refractivity contribution in [3.63, 3.8) is 0 Å². The summed E-state index contributed by atoms with van der Waals surface area (Å²) in [4.78, 5) is 1.74. The fraction of sp³-hybridized carbons (Fsp3) is 0.300. The minimum Gasteiger partial charge on any atom is -0.291 e. The quantitative estimate of drug-likeness (QED) is 0.814. The summed E-state index contributed by atoms with van der Waals surface area (Å²) in [5, 5.41) is 8.90. The average molecular weight is 257 g/mol. The Bertz CT molecular complexity index is 351. The van der Waals surface area contributed by atoms with Gasteiger partial charge in [0.05, 0.1) is 6.07 Å². The number of benzene rings is 1. The fourth-order valence-electron chi connectivity index (χ4n) is 1.22. The van der Waals surface area contributed by atoms with Crippen LogP contribution in [0.1, 0.15) is 11.6 Å². The zero-order valence-electron chi connectivity index (χ0n) is 7.96. The third kappa shape index (κ3) is 2.53. The Labute approximate surface area is 91.1 Å². The van der Waals surface area contributed by atoms with E-state index in [2.05, 4.69) is 22.0 Å². The molecule has 14 heavy (non-hydrogen) atoms. The molecular weight excluding hydrogens is 247 g/mol. The van der Waals surface area contributed by atoms with Gasteiger partial charge >= 0.3 is 0 Å². The van der Waals surface area contributed by atoms with Crippen molar-refractivity contribution < 1.29 is 4.39 Å². The first-order valence-corrected chi connectivity index (χ1v) is 4.86. The molecule has 0 bridgehead atoms. The predicted molar refractivity (Wildman–Crippen MR) is 56.1 cm³/mol. The van der Waals surface area contributed by atoms with Crippen molar-refractivity contribution in [3.05, 3.63) is 34.1 Å². The molecule has 0 heterocycles. The second-order valence-corrected chi connectivity index (χ2v) is 4.11. The Morgan fingerprint density at radius 2 is 2.07 bits per heavy atom. The van der Waals surface area contributed by atoms with Crippen LogP contribution in [0.3, 0.4) is 0 Å². The molecule has 0 saturated heterocycles. The van der Waals surface area contributed by atoms with Crippen LogP contribution < -0.4 is 0 Å². The number of nitriles is 1. The van der Waals surface area contributed by atoms with E-state index in [4.69, 9.17) is 5.26 Å². The highest BCUT2D eigenvalue weighted by Gasteiger charge is 2.14. The molecule has 0 aliphatic heterocycles. The Hall–Kier alpha value is -0.920. The zero-order valence-corrected chi connectivity index (χ0v) is 9.55. The van der Waals surface area contributed by atoms with Gasteiger partial charge in [0, 0.05) is 4.47 Å². The van der Waals surface area contributed by atoms with Gasteiger partial charge in [-0.15, -0.1) is 0 Å². The molecular formula is C10H10BrFN2. The maximum Gasteiger partial charge on any atom is 0.124 e. The van der Waals surface area contributed by atoms with E-state index in [-0.39, 0.29) is 5.82 Å². The topological polar surface area (TPSA) is 27.0 Å². The molecule has 0 aliphatic rings. The van der Waals surface area contributed by atoms with Crippen LogP contribution in [-0.2, 0) is 0 Å². The van der Waals surface area contributed by atoms with Crippen molar-refractivity contribution in [2.24, 2.45) is 0 Å². The van der Waals surface area contributed by atoms with Gasteiger partial charge in [-0.3, -0.25) is 4.90 Å². The van der Waals surface area contributed by atoms with E-state index in [1.165, 1.54) is 12.1 Å². The van der Waals surface area contributed by atoms with E-state index in [0.717, 1.165) is 0 Å². The highest BCUT2D eigenvalue weighted by molar-refractivity contribution is 9.10. The van der Waals surface area contributed by atoms with E-state index in [1.54, 1.807) is 25.1 Å². The van der Waals surface area contributed by atoms with Crippen molar-refractivity contribution in [3.8, 4) is 6.07 Å². The minimum atomic E-state index is -0.415. The van der Waals surface area contributed by atoms with Gasteiger partial charge in [-0.2, -0.15) is 5.26 Å². The summed E-state index contributed by atoms with van der Waals surface area (Å²) in [5.41, 5.74) is 0.657. The molecule has 1 aromatic carbocycles. The Morgan fingerprint density at radius 1 is 1.43 bits per heavy atom. The summed E-state index contributed by atoms with van der Waals surface area (Å²) in [6, 6.07) is 6.19. The molecule has 0 amide bonds. The van der Waals surface area contributed by atoms with Crippen molar-refractivity contribution in [1.82, 2.24) is 4.90 Å². The normalized spacial score (nSPS) is 12.6. The standard InChI is InChI=1S/C10H10BrFN2/c1-14(2)10(6-13)7-3-8(11)5-9(12)4-7/h3-5,10H,1-2H3. The van der Waals surface area contributed by atoms with Gasteiger partial charge in [0.15, 0.2) is 0 Å². The van der Waals surface area contributed by atoms with Crippen LogP contribution in [0.25, 0.3) is 0 Å². The van der Waals surface area contributed by atoms with Gasteiger partial charge in [-0.25, -0.2) is 4.39 Å². The molecule has 1 unspecified atom stereocenters. The zero-order chi connectivity index (χ0) is 10.7. The average Bonchev–Trinajstić information content (AvgIpc) is 2.02. The van der Waals surface area contributed by atoms with Gasteiger partial charge < -0.3 is 0 Å². The fourth-order valence-corrected chi connectivity index (χ4v) is 1.70. The monoisotopic (exact) mass is 256 g/mol. The summed E-state index contributed by atoms with van der Waals surface area (Å²) in [6.45, 7) is 0. The number of rotatable bonds is 2. The third-order valence-electron chi connectivity index (χ3n) is 1.84. The Balaban J connectivity index is 3.12. The predicted octanol–water partition coefficient (Wildman–Crippen LogP) is 2.71. The Kier molecular flexibility index (Phi) is 3.62. The second-order valence-electron chi connectivity index (χ2n) is 3.20. The smallest absolute Gasteiger partial charge is 0.124 e. The molecule has 0 fully saturated rings. The molecule has 0 N–H and O–H groups in total. The number of halogens is 2. The molecule has 1 atom stereocenters. The summed E-state index contributed by atoms with van der Waals surface area (Å²) < 4.78 is 13.7. The van der Waals surface area contributed by atoms with E-state index in [9.17, 15) is 4.39 Å². The first-order valence-electron chi connectivity index (χ1n) is 4.06. The molecule has 0 saturated carbocycles. The largest absolute Gasteiger partial charge is 0.291 e. The summed E-state index contributed by atoms with van der Waals surface area (Å²) in [6.07, 6.45) is 0. The van der Waals surface area contributed by atoms with Crippen molar-refractivity contribution in [1.29, 1.82) is 5.26 Å². The Morgan fingerprint density at radius 3 is 2.50 bits per heavy atom. The lowest BCUT2D eigenvalue weighted by Crippen LogP contribution is -2.18. The lowest BCUT2D eigenvalue weighted by atomic mass is 10.1. The van der Waals surface area contributed by atoms with Crippen molar-refractivity contribution in [2.75, 3.05) is 14.1 Å². The van der Waals surface area contributed by atoms with Gasteiger partial charge in [0.25, 0.3) is 0 Å². The molecule has 1 rings (SSSR count). The van der Waals surface area contributed by atoms with Crippen LogP contribution in [0.5, 0.6) is 0 Å². The first-order chi connectivity index (χ1) is 6.54. The maximum absolute atomic E-state index is 13.0. The summed E-state index contributed by atoms with van der Waals surface area (Å²) in [7, 11) is 3.57. The lowest BCUT2D eigenvalue weighted by Gasteiger charge is -2.17. The van der Waals surface area contributed by atoms with E-state index in [0.29, 0.717) is 10.0 Å². The van der Waals surface area contributed by atoms with Crippen molar-refractivity contribution >= 4 is 15.9 Å². The van der Waals surface area contributed by atoms with Crippen LogP contribution in [0, 0.1) is 17.1 Å². The van der Waals surface area contributed by atoms with Gasteiger partial charge in [-0.1, -0.05) is 15.9 Å². The summed E-state index contributed by atoms with van der Waals surface area (Å²) >= 11 is 3.19. The molecule has 0 radical (unpaired) electrons. The maximum atomic E-state index is 13.0. The van der Waals surface area contributed by atoms with Crippen LogP contribution in [0.2, 0.25) is 0 Å².